The number of hydrogen-bond donors (Lipinski definition) is 1. The van der Waals surface area contributed by atoms with Gasteiger partial charge in [0.25, 0.3) is 5.91 Å². The minimum absolute atomic E-state index is 0.0210. The molecule has 0 fully saturated rings. The SMILES string of the molecule is Cc1nc2c(c(N(C)C)n1)CCN(C(=O)c1n[nH]c3c1CCCC3)C2. The van der Waals surface area contributed by atoms with Crippen LogP contribution in [0.25, 0.3) is 0 Å². The first kappa shape index (κ1) is 16.1. The van der Waals surface area contributed by atoms with Crippen LogP contribution in [0.2, 0.25) is 0 Å². The van der Waals surface area contributed by atoms with Gasteiger partial charge in [-0.1, -0.05) is 0 Å². The summed E-state index contributed by atoms with van der Waals surface area (Å²) in [5.74, 6) is 1.73. The molecule has 0 radical (unpaired) electrons. The van der Waals surface area contributed by atoms with Crippen molar-refractivity contribution >= 4 is 11.7 Å². The lowest BCUT2D eigenvalue weighted by Gasteiger charge is -2.30. The number of aromatic nitrogens is 4. The number of amides is 1. The van der Waals surface area contributed by atoms with Gasteiger partial charge in [-0.2, -0.15) is 5.10 Å². The van der Waals surface area contributed by atoms with Gasteiger partial charge in [0.2, 0.25) is 0 Å². The summed E-state index contributed by atoms with van der Waals surface area (Å²) in [6, 6.07) is 0. The second-order valence-electron chi connectivity index (χ2n) is 7.13. The average molecular weight is 340 g/mol. The summed E-state index contributed by atoms with van der Waals surface area (Å²) in [5, 5.41) is 7.40. The topological polar surface area (TPSA) is 78.0 Å². The molecule has 4 rings (SSSR count). The van der Waals surface area contributed by atoms with Crippen LogP contribution in [0.4, 0.5) is 5.82 Å². The Morgan fingerprint density at radius 1 is 1.12 bits per heavy atom. The van der Waals surface area contributed by atoms with Crippen molar-refractivity contribution in [3.63, 3.8) is 0 Å². The molecule has 0 bridgehead atoms. The lowest BCUT2D eigenvalue weighted by atomic mass is 9.95. The number of nitrogens with one attached hydrogen (secondary N) is 1. The van der Waals surface area contributed by atoms with E-state index in [-0.39, 0.29) is 5.91 Å². The van der Waals surface area contributed by atoms with Gasteiger partial charge < -0.3 is 9.80 Å². The summed E-state index contributed by atoms with van der Waals surface area (Å²) in [7, 11) is 3.99. The highest BCUT2D eigenvalue weighted by atomic mass is 16.2. The fraction of sp³-hybridized carbons (Fsp3) is 0.556. The Morgan fingerprint density at radius 2 is 1.92 bits per heavy atom. The summed E-state index contributed by atoms with van der Waals surface area (Å²) in [6.07, 6.45) is 5.03. The van der Waals surface area contributed by atoms with Crippen LogP contribution < -0.4 is 4.90 Å². The molecule has 3 heterocycles. The molecule has 0 aromatic carbocycles. The van der Waals surface area contributed by atoms with Crippen LogP contribution in [0.3, 0.4) is 0 Å². The summed E-state index contributed by atoms with van der Waals surface area (Å²) in [5.41, 5.74) is 4.98. The number of hydrogen-bond acceptors (Lipinski definition) is 5. The summed E-state index contributed by atoms with van der Waals surface area (Å²) >= 11 is 0. The van der Waals surface area contributed by atoms with E-state index in [0.717, 1.165) is 59.8 Å². The first-order chi connectivity index (χ1) is 12.0. The number of nitrogens with zero attached hydrogens (tertiary/aromatic N) is 5. The van der Waals surface area contributed by atoms with Crippen molar-refractivity contribution in [1.29, 1.82) is 0 Å². The number of carbonyl (C=O) groups excluding carboxylic acids is 1. The molecule has 1 amide bonds. The number of anilines is 1. The third-order valence-corrected chi connectivity index (χ3v) is 5.12. The van der Waals surface area contributed by atoms with E-state index in [4.69, 9.17) is 0 Å². The van der Waals surface area contributed by atoms with Crippen molar-refractivity contribution in [2.75, 3.05) is 25.5 Å². The number of H-pyrrole nitrogens is 1. The van der Waals surface area contributed by atoms with E-state index in [9.17, 15) is 4.79 Å². The zero-order chi connectivity index (χ0) is 17.6. The molecular weight excluding hydrogens is 316 g/mol. The molecule has 7 heteroatoms. The Morgan fingerprint density at radius 3 is 2.72 bits per heavy atom. The maximum absolute atomic E-state index is 13.0. The normalized spacial score (nSPS) is 16.4. The second-order valence-corrected chi connectivity index (χ2v) is 7.13. The molecule has 1 aliphatic carbocycles. The van der Waals surface area contributed by atoms with Crippen LogP contribution in [0, 0.1) is 6.92 Å². The molecule has 0 spiro atoms. The minimum atomic E-state index is 0.0210. The smallest absolute Gasteiger partial charge is 0.275 e. The van der Waals surface area contributed by atoms with Gasteiger partial charge in [-0.25, -0.2) is 9.97 Å². The van der Waals surface area contributed by atoms with E-state index in [2.05, 4.69) is 20.2 Å². The monoisotopic (exact) mass is 340 g/mol. The van der Waals surface area contributed by atoms with Gasteiger partial charge in [-0.05, 0) is 39.0 Å². The van der Waals surface area contributed by atoms with Crippen LogP contribution in [-0.2, 0) is 25.8 Å². The molecule has 0 saturated heterocycles. The molecule has 2 aromatic heterocycles. The van der Waals surface area contributed by atoms with Crippen molar-refractivity contribution in [3.05, 3.63) is 34.0 Å². The number of fused-ring (bicyclic) bond motifs is 2. The van der Waals surface area contributed by atoms with Gasteiger partial charge in [0.05, 0.1) is 12.2 Å². The Hall–Kier alpha value is -2.44. The zero-order valence-corrected chi connectivity index (χ0v) is 15.1. The first-order valence-electron chi connectivity index (χ1n) is 8.93. The van der Waals surface area contributed by atoms with Crippen molar-refractivity contribution in [1.82, 2.24) is 25.1 Å². The van der Waals surface area contributed by atoms with E-state index in [1.165, 1.54) is 6.42 Å². The van der Waals surface area contributed by atoms with Crippen LogP contribution in [0.5, 0.6) is 0 Å². The highest BCUT2D eigenvalue weighted by Gasteiger charge is 2.30. The third kappa shape index (κ3) is 2.77. The number of carbonyl (C=O) groups is 1. The zero-order valence-electron chi connectivity index (χ0n) is 15.1. The van der Waals surface area contributed by atoms with Crippen LogP contribution in [0.1, 0.15) is 51.7 Å². The van der Waals surface area contributed by atoms with Crippen molar-refractivity contribution in [2.24, 2.45) is 0 Å². The molecule has 7 nitrogen and oxygen atoms in total. The van der Waals surface area contributed by atoms with Crippen molar-refractivity contribution in [3.8, 4) is 0 Å². The van der Waals surface area contributed by atoms with Crippen LogP contribution in [0.15, 0.2) is 0 Å². The van der Waals surface area contributed by atoms with Gasteiger partial charge in [0, 0.05) is 37.5 Å². The molecule has 0 saturated carbocycles. The fourth-order valence-electron chi connectivity index (χ4n) is 3.88. The number of rotatable bonds is 2. The van der Waals surface area contributed by atoms with Gasteiger partial charge in [0.15, 0.2) is 5.69 Å². The molecule has 2 aliphatic rings. The lowest BCUT2D eigenvalue weighted by molar-refractivity contribution is 0.0724. The fourth-order valence-corrected chi connectivity index (χ4v) is 3.88. The van der Waals surface area contributed by atoms with Gasteiger partial charge in [0.1, 0.15) is 11.6 Å². The van der Waals surface area contributed by atoms with Crippen molar-refractivity contribution < 1.29 is 4.79 Å². The van der Waals surface area contributed by atoms with Crippen molar-refractivity contribution in [2.45, 2.75) is 45.6 Å². The summed E-state index contributed by atoms with van der Waals surface area (Å²) < 4.78 is 0. The molecule has 2 aromatic rings. The Kier molecular flexibility index (Phi) is 3.94. The lowest BCUT2D eigenvalue weighted by Crippen LogP contribution is -2.38. The molecule has 0 unspecified atom stereocenters. The Labute approximate surface area is 147 Å². The molecule has 1 N–H and O–H groups in total. The number of aromatic amines is 1. The molecule has 0 atom stereocenters. The first-order valence-corrected chi connectivity index (χ1v) is 8.93. The predicted molar refractivity (Wildman–Crippen MR) is 94.8 cm³/mol. The molecular formula is C18H24N6O. The highest BCUT2D eigenvalue weighted by Crippen LogP contribution is 2.28. The molecule has 1 aliphatic heterocycles. The van der Waals surface area contributed by atoms with Crippen LogP contribution >= 0.6 is 0 Å². The largest absolute Gasteiger partial charge is 0.362 e. The minimum Gasteiger partial charge on any atom is -0.362 e. The number of aryl methyl sites for hydroxylation is 2. The Balaban J connectivity index is 1.62. The standard InChI is InChI=1S/C18H24N6O/c1-11-19-15-10-24(9-8-13(15)17(20-11)23(2)3)18(25)16-12-6-4-5-7-14(12)21-22-16/h4-10H2,1-3H3,(H,21,22). The van der Waals surface area contributed by atoms with E-state index >= 15 is 0 Å². The van der Waals surface area contributed by atoms with E-state index in [1.807, 2.05) is 30.8 Å². The summed E-state index contributed by atoms with van der Waals surface area (Å²) in [6.45, 7) is 3.11. The van der Waals surface area contributed by atoms with Gasteiger partial charge in [-0.3, -0.25) is 9.89 Å². The van der Waals surface area contributed by atoms with E-state index in [1.54, 1.807) is 0 Å². The van der Waals surface area contributed by atoms with Crippen LogP contribution in [-0.4, -0.2) is 51.6 Å². The quantitative estimate of drug-likeness (QED) is 0.899. The molecule has 25 heavy (non-hydrogen) atoms. The maximum atomic E-state index is 13.0. The second kappa shape index (κ2) is 6.13. The summed E-state index contributed by atoms with van der Waals surface area (Å²) in [4.78, 5) is 26.1. The predicted octanol–water partition coefficient (Wildman–Crippen LogP) is 1.65. The highest BCUT2D eigenvalue weighted by molar-refractivity contribution is 5.94. The molecule has 132 valence electrons. The average Bonchev–Trinajstić information content (AvgIpc) is 3.03. The van der Waals surface area contributed by atoms with E-state index < -0.39 is 0 Å². The Bertz CT molecular complexity index is 825. The van der Waals surface area contributed by atoms with Gasteiger partial charge >= 0.3 is 0 Å². The third-order valence-electron chi connectivity index (χ3n) is 5.12. The van der Waals surface area contributed by atoms with Gasteiger partial charge in [-0.15, -0.1) is 0 Å². The van der Waals surface area contributed by atoms with E-state index in [0.29, 0.717) is 18.8 Å². The maximum Gasteiger partial charge on any atom is 0.275 e.